The molecule has 0 aromatic heterocycles. The third-order valence-corrected chi connectivity index (χ3v) is 3.94. The summed E-state index contributed by atoms with van der Waals surface area (Å²) >= 11 is 0. The van der Waals surface area contributed by atoms with Gasteiger partial charge in [0.2, 0.25) is 0 Å². The van der Waals surface area contributed by atoms with Crippen LogP contribution in [0.1, 0.15) is 49.9 Å². The number of nitro benzene ring substituents is 1. The summed E-state index contributed by atoms with van der Waals surface area (Å²) in [6.07, 6.45) is 4.27. The van der Waals surface area contributed by atoms with Gasteiger partial charge in [0.05, 0.1) is 4.92 Å². The highest BCUT2D eigenvalue weighted by Gasteiger charge is 2.30. The molecule has 1 aliphatic rings. The number of nitro groups is 1. The Morgan fingerprint density at radius 1 is 1.38 bits per heavy atom. The largest absolute Gasteiger partial charge is 0.374 e. The van der Waals surface area contributed by atoms with Crippen molar-refractivity contribution in [2.45, 2.75) is 45.1 Å². The van der Waals surface area contributed by atoms with Crippen molar-refractivity contribution in [3.05, 3.63) is 33.9 Å². The molecule has 0 radical (unpaired) electrons. The highest BCUT2D eigenvalue weighted by Crippen LogP contribution is 2.36. The highest BCUT2D eigenvalue weighted by molar-refractivity contribution is 5.95. The predicted molar refractivity (Wildman–Crippen MR) is 81.6 cm³/mol. The van der Waals surface area contributed by atoms with Gasteiger partial charge in [-0.25, -0.2) is 0 Å². The third-order valence-electron chi connectivity index (χ3n) is 3.94. The standard InChI is InChI=1S/C15H21N3O3/c1-3-16-14(19)11-6-7-12(13(10-11)18(20)21)17-15(2)8-4-5-9-15/h6-7,10,17H,3-5,8-9H2,1-2H3,(H,16,19). The summed E-state index contributed by atoms with van der Waals surface area (Å²) in [5.74, 6) is -0.292. The summed E-state index contributed by atoms with van der Waals surface area (Å²) in [6.45, 7) is 4.38. The monoisotopic (exact) mass is 291 g/mol. The summed E-state index contributed by atoms with van der Waals surface area (Å²) < 4.78 is 0. The van der Waals surface area contributed by atoms with Crippen molar-refractivity contribution in [3.8, 4) is 0 Å². The molecular formula is C15H21N3O3. The fraction of sp³-hybridized carbons (Fsp3) is 0.533. The number of carbonyl (C=O) groups excluding carboxylic acids is 1. The molecule has 21 heavy (non-hydrogen) atoms. The van der Waals surface area contributed by atoms with Crippen molar-refractivity contribution in [1.82, 2.24) is 5.32 Å². The average Bonchev–Trinajstić information content (AvgIpc) is 2.85. The molecule has 0 bridgehead atoms. The van der Waals surface area contributed by atoms with E-state index in [-0.39, 0.29) is 17.1 Å². The lowest BCUT2D eigenvalue weighted by molar-refractivity contribution is -0.384. The molecule has 1 saturated carbocycles. The number of anilines is 1. The Hall–Kier alpha value is -2.11. The second-order valence-electron chi connectivity index (χ2n) is 5.74. The maximum atomic E-state index is 11.8. The van der Waals surface area contributed by atoms with E-state index in [4.69, 9.17) is 0 Å². The number of hydrogen-bond donors (Lipinski definition) is 2. The van der Waals surface area contributed by atoms with Crippen LogP contribution in [0.15, 0.2) is 18.2 Å². The van der Waals surface area contributed by atoms with Crippen molar-refractivity contribution < 1.29 is 9.72 Å². The normalized spacial score (nSPS) is 16.5. The quantitative estimate of drug-likeness (QED) is 0.645. The lowest BCUT2D eigenvalue weighted by Gasteiger charge is -2.26. The number of nitrogens with one attached hydrogen (secondary N) is 2. The molecule has 2 N–H and O–H groups in total. The molecule has 0 aliphatic heterocycles. The average molecular weight is 291 g/mol. The Kier molecular flexibility index (Phi) is 4.45. The van der Waals surface area contributed by atoms with Crippen LogP contribution in [0.5, 0.6) is 0 Å². The van der Waals surface area contributed by atoms with Gasteiger partial charge < -0.3 is 10.6 Å². The summed E-state index contributed by atoms with van der Waals surface area (Å²) in [7, 11) is 0. The van der Waals surface area contributed by atoms with Gasteiger partial charge in [0.15, 0.2) is 0 Å². The molecule has 6 heteroatoms. The first-order valence-corrected chi connectivity index (χ1v) is 7.30. The van der Waals surface area contributed by atoms with E-state index in [1.165, 1.54) is 6.07 Å². The van der Waals surface area contributed by atoms with Gasteiger partial charge >= 0.3 is 0 Å². The molecule has 0 spiro atoms. The Morgan fingerprint density at radius 2 is 2.05 bits per heavy atom. The Bertz CT molecular complexity index is 551. The zero-order chi connectivity index (χ0) is 15.5. The molecule has 2 rings (SSSR count). The molecule has 0 atom stereocenters. The third kappa shape index (κ3) is 3.51. The van der Waals surface area contributed by atoms with Crippen molar-refractivity contribution in [2.75, 3.05) is 11.9 Å². The molecule has 6 nitrogen and oxygen atoms in total. The van der Waals surface area contributed by atoms with Gasteiger partial charge in [-0.3, -0.25) is 14.9 Å². The van der Waals surface area contributed by atoms with Gasteiger partial charge in [-0.15, -0.1) is 0 Å². The van der Waals surface area contributed by atoms with E-state index in [2.05, 4.69) is 17.6 Å². The van der Waals surface area contributed by atoms with Gasteiger partial charge in [0.1, 0.15) is 5.69 Å². The van der Waals surface area contributed by atoms with E-state index in [9.17, 15) is 14.9 Å². The van der Waals surface area contributed by atoms with Crippen LogP contribution in [0.4, 0.5) is 11.4 Å². The maximum Gasteiger partial charge on any atom is 0.293 e. The number of hydrogen-bond acceptors (Lipinski definition) is 4. The van der Waals surface area contributed by atoms with E-state index in [1.54, 1.807) is 12.1 Å². The van der Waals surface area contributed by atoms with E-state index >= 15 is 0 Å². The zero-order valence-corrected chi connectivity index (χ0v) is 12.4. The topological polar surface area (TPSA) is 84.3 Å². The van der Waals surface area contributed by atoms with Gasteiger partial charge in [0.25, 0.3) is 11.6 Å². The molecular weight excluding hydrogens is 270 g/mol. The van der Waals surface area contributed by atoms with E-state index in [0.717, 1.165) is 25.7 Å². The van der Waals surface area contributed by atoms with Crippen LogP contribution in [-0.4, -0.2) is 22.9 Å². The fourth-order valence-corrected chi connectivity index (χ4v) is 2.80. The first-order valence-electron chi connectivity index (χ1n) is 7.30. The van der Waals surface area contributed by atoms with Crippen molar-refractivity contribution in [1.29, 1.82) is 0 Å². The van der Waals surface area contributed by atoms with Crippen LogP contribution in [0.2, 0.25) is 0 Å². The van der Waals surface area contributed by atoms with Gasteiger partial charge in [-0.1, -0.05) is 12.8 Å². The smallest absolute Gasteiger partial charge is 0.293 e. The highest BCUT2D eigenvalue weighted by atomic mass is 16.6. The van der Waals surface area contributed by atoms with Gasteiger partial charge in [-0.2, -0.15) is 0 Å². The first kappa shape index (κ1) is 15.3. The minimum Gasteiger partial charge on any atom is -0.374 e. The molecule has 0 saturated heterocycles. The molecule has 1 amide bonds. The van der Waals surface area contributed by atoms with Crippen LogP contribution in [0, 0.1) is 10.1 Å². The number of nitrogens with zero attached hydrogens (tertiary/aromatic N) is 1. The van der Waals surface area contributed by atoms with E-state index in [0.29, 0.717) is 17.8 Å². The Balaban J connectivity index is 2.29. The van der Waals surface area contributed by atoms with Crippen LogP contribution >= 0.6 is 0 Å². The summed E-state index contributed by atoms with van der Waals surface area (Å²) in [5, 5.41) is 17.2. The molecule has 0 unspecified atom stereocenters. The van der Waals surface area contributed by atoms with Crippen LogP contribution in [0.3, 0.4) is 0 Å². The number of amides is 1. The fourth-order valence-electron chi connectivity index (χ4n) is 2.80. The van der Waals surface area contributed by atoms with E-state index in [1.807, 2.05) is 6.92 Å². The summed E-state index contributed by atoms with van der Waals surface area (Å²) in [6, 6.07) is 4.59. The summed E-state index contributed by atoms with van der Waals surface area (Å²) in [4.78, 5) is 22.6. The van der Waals surface area contributed by atoms with Crippen LogP contribution in [0.25, 0.3) is 0 Å². The molecule has 1 fully saturated rings. The SMILES string of the molecule is CCNC(=O)c1ccc(NC2(C)CCCC2)c([N+](=O)[O-])c1. The minimum absolute atomic E-state index is 0.0492. The zero-order valence-electron chi connectivity index (χ0n) is 12.4. The van der Waals surface area contributed by atoms with Crippen molar-refractivity contribution in [3.63, 3.8) is 0 Å². The maximum absolute atomic E-state index is 11.8. The van der Waals surface area contributed by atoms with Crippen LogP contribution < -0.4 is 10.6 Å². The molecule has 1 aromatic carbocycles. The Labute approximate surface area is 124 Å². The molecule has 0 heterocycles. The predicted octanol–water partition coefficient (Wildman–Crippen LogP) is 3.09. The number of carbonyl (C=O) groups is 1. The van der Waals surface area contributed by atoms with Crippen molar-refractivity contribution >= 4 is 17.3 Å². The lowest BCUT2D eigenvalue weighted by Crippen LogP contribution is -2.31. The van der Waals surface area contributed by atoms with Gasteiger partial charge in [-0.05, 0) is 38.8 Å². The second-order valence-corrected chi connectivity index (χ2v) is 5.74. The molecule has 1 aromatic rings. The number of benzene rings is 1. The van der Waals surface area contributed by atoms with Gasteiger partial charge in [0, 0.05) is 23.7 Å². The molecule has 1 aliphatic carbocycles. The molecule has 114 valence electrons. The van der Waals surface area contributed by atoms with E-state index < -0.39 is 4.92 Å². The number of rotatable bonds is 5. The van der Waals surface area contributed by atoms with Crippen LogP contribution in [-0.2, 0) is 0 Å². The summed E-state index contributed by atoms with van der Waals surface area (Å²) in [5.41, 5.74) is 0.646. The minimum atomic E-state index is -0.441. The second kappa shape index (κ2) is 6.11. The first-order chi connectivity index (χ1) is 9.95. The Morgan fingerprint density at radius 3 is 2.62 bits per heavy atom. The van der Waals surface area contributed by atoms with Crippen molar-refractivity contribution in [2.24, 2.45) is 0 Å². The lowest BCUT2D eigenvalue weighted by atomic mass is 9.99.